The van der Waals surface area contributed by atoms with Crippen molar-refractivity contribution in [1.29, 1.82) is 0 Å². The molecule has 0 spiro atoms. The van der Waals surface area contributed by atoms with Crippen LogP contribution in [0, 0.1) is 6.92 Å². The Bertz CT molecular complexity index is 338. The van der Waals surface area contributed by atoms with Gasteiger partial charge in [-0.3, -0.25) is 0 Å². The molecular weight excluding hydrogens is 214 g/mol. The second-order valence-electron chi connectivity index (χ2n) is 5.51. The fourth-order valence-electron chi connectivity index (χ4n) is 1.13. The molecule has 0 fully saturated rings. The van der Waals surface area contributed by atoms with Crippen molar-refractivity contribution in [3.63, 3.8) is 0 Å². The lowest BCUT2D eigenvalue weighted by Crippen LogP contribution is -2.45. The van der Waals surface area contributed by atoms with Gasteiger partial charge in [0, 0.05) is 5.16 Å². The van der Waals surface area contributed by atoms with Crippen LogP contribution in [0.4, 0.5) is 0 Å². The summed E-state index contributed by atoms with van der Waals surface area (Å²) in [4.78, 5) is 0. The highest BCUT2D eigenvalue weighted by atomic mass is 31.0. The summed E-state index contributed by atoms with van der Waals surface area (Å²) >= 11 is 0. The highest BCUT2D eigenvalue weighted by Gasteiger charge is 2.33. The average molecular weight is 236 g/mol. The first kappa shape index (κ1) is 13.7. The monoisotopic (exact) mass is 236 g/mol. The molecule has 0 saturated heterocycles. The van der Waals surface area contributed by atoms with E-state index < -0.39 is 0 Å². The Labute approximate surface area is 102 Å². The fourth-order valence-corrected chi connectivity index (χ4v) is 1.22. The van der Waals surface area contributed by atoms with Crippen LogP contribution in [0.15, 0.2) is 24.3 Å². The minimum Gasteiger partial charge on any atom is -0.429 e. The van der Waals surface area contributed by atoms with Crippen LogP contribution in [0.1, 0.15) is 33.3 Å². The Morgan fingerprint density at radius 1 is 1.06 bits per heavy atom. The normalized spacial score (nSPS) is 12.6. The molecule has 0 aromatic heterocycles. The van der Waals surface area contributed by atoms with Crippen LogP contribution < -0.4 is 5.46 Å². The molecule has 0 aliphatic heterocycles. The zero-order chi connectivity index (χ0) is 12.4. The van der Waals surface area contributed by atoms with E-state index >= 15 is 0 Å². The number of hydrogen-bond donors (Lipinski definition) is 0. The summed E-state index contributed by atoms with van der Waals surface area (Å²) in [6.45, 7) is 10.7. The molecule has 0 N–H and O–H groups in total. The largest absolute Gasteiger partial charge is 0.429 e. The Morgan fingerprint density at radius 2 is 1.56 bits per heavy atom. The van der Waals surface area contributed by atoms with Gasteiger partial charge in [-0.05, 0) is 20.8 Å². The summed E-state index contributed by atoms with van der Waals surface area (Å²) in [7, 11) is 3.53. The molecule has 0 aliphatic carbocycles. The number of benzene rings is 1. The quantitative estimate of drug-likeness (QED) is 0.576. The van der Waals surface area contributed by atoms with Crippen molar-refractivity contribution in [2.24, 2.45) is 0 Å². The summed E-state index contributed by atoms with van der Waals surface area (Å²) in [5.41, 5.74) is 2.37. The maximum Gasteiger partial charge on any atom is 0.309 e. The third kappa shape index (κ3) is 3.61. The molecule has 0 aliphatic rings. The predicted octanol–water partition coefficient (Wildman–Crippen LogP) is 2.42. The molecule has 1 rings (SSSR count). The lowest BCUT2D eigenvalue weighted by Gasteiger charge is -2.39. The summed E-state index contributed by atoms with van der Waals surface area (Å²) in [6.07, 6.45) is 0. The zero-order valence-corrected chi connectivity index (χ0v) is 12.2. The zero-order valence-electron chi connectivity index (χ0n) is 11.0. The van der Waals surface area contributed by atoms with E-state index in [0.29, 0.717) is 7.48 Å². The highest BCUT2D eigenvalue weighted by molar-refractivity contribution is 7.19. The van der Waals surface area contributed by atoms with Crippen molar-refractivity contribution in [2.75, 3.05) is 0 Å². The molecule has 0 radical (unpaired) electrons. The van der Waals surface area contributed by atoms with Crippen LogP contribution in [-0.2, 0) is 4.65 Å². The van der Waals surface area contributed by atoms with Gasteiger partial charge in [0.2, 0.25) is 0 Å². The molecule has 1 atom stereocenters. The van der Waals surface area contributed by atoms with Gasteiger partial charge in [-0.2, -0.15) is 0 Å². The molecule has 1 aromatic carbocycles. The van der Waals surface area contributed by atoms with Crippen LogP contribution in [0.2, 0.25) is 0 Å². The predicted molar refractivity (Wildman–Crippen MR) is 76.9 cm³/mol. The van der Waals surface area contributed by atoms with Crippen LogP contribution in [-0.4, -0.2) is 18.2 Å². The summed E-state index contributed by atoms with van der Waals surface area (Å²) in [6, 6.07) is 8.50. The fraction of sp³-hybridized carbons (Fsp3) is 0.538. The summed E-state index contributed by atoms with van der Waals surface area (Å²) in [5, 5.41) is 0.0672. The van der Waals surface area contributed by atoms with Gasteiger partial charge in [0.15, 0.2) is 0 Å². The SMILES string of the molecule is Cc1ccc(BOC(C)(C)C(C)(C)P)cc1. The summed E-state index contributed by atoms with van der Waals surface area (Å²) < 4.78 is 6.00. The third-order valence-corrected chi connectivity index (χ3v) is 3.97. The molecule has 0 saturated carbocycles. The molecule has 3 heteroatoms. The molecule has 16 heavy (non-hydrogen) atoms. The van der Waals surface area contributed by atoms with Crippen molar-refractivity contribution in [3.05, 3.63) is 29.8 Å². The lowest BCUT2D eigenvalue weighted by atomic mass is 9.84. The van der Waals surface area contributed by atoms with Crippen molar-refractivity contribution in [2.45, 2.75) is 45.4 Å². The topological polar surface area (TPSA) is 9.23 Å². The first-order valence-corrected chi connectivity index (χ1v) is 6.28. The summed E-state index contributed by atoms with van der Waals surface area (Å²) in [5.74, 6) is 0. The van der Waals surface area contributed by atoms with Gasteiger partial charge >= 0.3 is 7.48 Å². The van der Waals surface area contributed by atoms with Crippen LogP contribution in [0.3, 0.4) is 0 Å². The molecule has 1 nitrogen and oxygen atoms in total. The molecular formula is C13H22BOP. The van der Waals surface area contributed by atoms with E-state index in [2.05, 4.69) is 68.1 Å². The van der Waals surface area contributed by atoms with Gasteiger partial charge in [0.05, 0.1) is 5.60 Å². The first-order valence-electron chi connectivity index (χ1n) is 5.71. The van der Waals surface area contributed by atoms with Crippen LogP contribution >= 0.6 is 9.24 Å². The smallest absolute Gasteiger partial charge is 0.309 e. The van der Waals surface area contributed by atoms with E-state index in [1.807, 2.05) is 0 Å². The van der Waals surface area contributed by atoms with Crippen molar-refractivity contribution >= 4 is 22.2 Å². The van der Waals surface area contributed by atoms with Crippen molar-refractivity contribution in [3.8, 4) is 0 Å². The average Bonchev–Trinajstić information content (AvgIpc) is 2.15. The maximum atomic E-state index is 6.00. The van der Waals surface area contributed by atoms with E-state index in [1.54, 1.807) is 0 Å². The molecule has 0 heterocycles. The van der Waals surface area contributed by atoms with Crippen molar-refractivity contribution in [1.82, 2.24) is 0 Å². The van der Waals surface area contributed by atoms with Gasteiger partial charge in [0.25, 0.3) is 0 Å². The standard InChI is InChI=1S/C13H22BOP/c1-10-6-8-11(9-7-10)14-15-12(2,3)13(4,5)16/h6-9,14H,16H2,1-5H3. The van der Waals surface area contributed by atoms with Crippen LogP contribution in [0.25, 0.3) is 0 Å². The Morgan fingerprint density at radius 3 is 2.00 bits per heavy atom. The minimum absolute atomic E-state index is 0.0672. The van der Waals surface area contributed by atoms with E-state index in [0.717, 1.165) is 0 Å². The molecule has 0 bridgehead atoms. The van der Waals surface area contributed by atoms with Gasteiger partial charge in [0.1, 0.15) is 0 Å². The number of hydrogen-bond acceptors (Lipinski definition) is 1. The van der Waals surface area contributed by atoms with E-state index in [9.17, 15) is 0 Å². The van der Waals surface area contributed by atoms with Crippen molar-refractivity contribution < 1.29 is 4.65 Å². The molecule has 88 valence electrons. The van der Waals surface area contributed by atoms with Gasteiger partial charge in [-0.15, -0.1) is 9.24 Å². The maximum absolute atomic E-state index is 6.00. The first-order chi connectivity index (χ1) is 7.22. The Hall–Kier alpha value is -0.325. The number of rotatable bonds is 4. The second-order valence-corrected chi connectivity index (χ2v) is 6.95. The van der Waals surface area contributed by atoms with Gasteiger partial charge < -0.3 is 4.65 Å². The second kappa shape index (κ2) is 4.90. The Balaban J connectivity index is 2.61. The lowest BCUT2D eigenvalue weighted by molar-refractivity contribution is 0.0841. The Kier molecular flexibility index (Phi) is 4.20. The van der Waals surface area contributed by atoms with Gasteiger partial charge in [-0.25, -0.2) is 0 Å². The van der Waals surface area contributed by atoms with Crippen LogP contribution in [0.5, 0.6) is 0 Å². The number of aryl methyl sites for hydroxylation is 1. The molecule has 1 aromatic rings. The van der Waals surface area contributed by atoms with E-state index in [1.165, 1.54) is 11.0 Å². The van der Waals surface area contributed by atoms with Gasteiger partial charge in [-0.1, -0.05) is 49.1 Å². The van der Waals surface area contributed by atoms with E-state index in [4.69, 9.17) is 4.65 Å². The van der Waals surface area contributed by atoms with E-state index in [-0.39, 0.29) is 10.8 Å². The highest BCUT2D eigenvalue weighted by Crippen LogP contribution is 2.32. The minimum atomic E-state index is -0.150. The molecule has 0 amide bonds. The third-order valence-electron chi connectivity index (χ3n) is 3.27. The molecule has 1 unspecified atom stereocenters.